The van der Waals surface area contributed by atoms with Crippen molar-refractivity contribution in [3.8, 4) is 0 Å². The van der Waals surface area contributed by atoms with Gasteiger partial charge in [0.05, 0.1) is 0 Å². The third-order valence-corrected chi connectivity index (χ3v) is 17.2. The van der Waals surface area contributed by atoms with Crippen molar-refractivity contribution in [2.24, 2.45) is 0 Å². The maximum atomic E-state index is 12.9. The second-order valence-electron chi connectivity index (χ2n) is 25.6. The first-order valence-electron chi connectivity index (χ1n) is 37.3. The van der Waals surface area contributed by atoms with Gasteiger partial charge in [-0.25, -0.2) is 0 Å². The lowest BCUT2D eigenvalue weighted by Gasteiger charge is -2.18. The summed E-state index contributed by atoms with van der Waals surface area (Å²) < 4.78 is 17.0. The Morgan fingerprint density at radius 2 is 0.402 bits per heavy atom. The maximum Gasteiger partial charge on any atom is 0.306 e. The zero-order valence-corrected chi connectivity index (χ0v) is 55.8. The Hall–Kier alpha value is -2.11. The lowest BCUT2D eigenvalue weighted by Crippen LogP contribution is -2.30. The predicted octanol–water partition coefficient (Wildman–Crippen LogP) is 25.7. The summed E-state index contributed by atoms with van der Waals surface area (Å²) in [5, 5.41) is 0. The summed E-state index contributed by atoms with van der Waals surface area (Å²) in [4.78, 5) is 38.5. The number of esters is 3. The predicted molar refractivity (Wildman–Crippen MR) is 358 cm³/mol. The lowest BCUT2D eigenvalue weighted by molar-refractivity contribution is -0.167. The smallest absolute Gasteiger partial charge is 0.306 e. The van der Waals surface area contributed by atoms with Crippen molar-refractivity contribution in [3.63, 3.8) is 0 Å². The van der Waals surface area contributed by atoms with Gasteiger partial charge in [0.1, 0.15) is 13.2 Å². The fourth-order valence-electron chi connectivity index (χ4n) is 11.6. The van der Waals surface area contributed by atoms with Crippen molar-refractivity contribution >= 4 is 17.9 Å². The second-order valence-corrected chi connectivity index (χ2v) is 25.6. The molecule has 0 saturated carbocycles. The van der Waals surface area contributed by atoms with E-state index < -0.39 is 6.10 Å². The molecule has 0 aromatic rings. The number of ether oxygens (including phenoxy) is 3. The zero-order chi connectivity index (χ0) is 59.2. The van der Waals surface area contributed by atoms with Crippen molar-refractivity contribution in [2.45, 2.75) is 431 Å². The first-order valence-corrected chi connectivity index (χ1v) is 37.3. The summed E-state index contributed by atoms with van der Waals surface area (Å²) in [6.45, 7) is 6.71. The molecule has 0 aliphatic carbocycles. The Balaban J connectivity index is 4.16. The number of carbonyl (C=O) groups excluding carboxylic acids is 3. The van der Waals surface area contributed by atoms with Gasteiger partial charge in [-0.2, -0.15) is 0 Å². The summed E-state index contributed by atoms with van der Waals surface area (Å²) in [6.07, 6.45) is 88.0. The molecule has 82 heavy (non-hydrogen) atoms. The molecule has 0 N–H and O–H groups in total. The molecule has 0 aliphatic rings. The third kappa shape index (κ3) is 68.7. The number of hydrogen-bond acceptors (Lipinski definition) is 6. The molecule has 0 radical (unpaired) electrons. The van der Waals surface area contributed by atoms with E-state index in [2.05, 4.69) is 45.1 Å². The minimum Gasteiger partial charge on any atom is -0.462 e. The molecule has 0 aromatic heterocycles. The van der Waals surface area contributed by atoms with Crippen LogP contribution in [-0.4, -0.2) is 37.2 Å². The van der Waals surface area contributed by atoms with Crippen LogP contribution in [0, 0.1) is 0 Å². The van der Waals surface area contributed by atoms with E-state index in [1.165, 1.54) is 321 Å². The molecular weight excluding hydrogens is 1010 g/mol. The van der Waals surface area contributed by atoms with Crippen LogP contribution in [0.2, 0.25) is 0 Å². The van der Waals surface area contributed by atoms with E-state index in [0.717, 1.165) is 64.2 Å². The molecule has 484 valence electrons. The van der Waals surface area contributed by atoms with Crippen LogP contribution in [0.4, 0.5) is 0 Å². The second kappa shape index (κ2) is 71.4. The highest BCUT2D eigenvalue weighted by Crippen LogP contribution is 2.19. The topological polar surface area (TPSA) is 78.9 Å². The van der Waals surface area contributed by atoms with E-state index in [4.69, 9.17) is 14.2 Å². The number of unbranched alkanes of at least 4 members (excludes halogenated alkanes) is 55. The summed E-state index contributed by atoms with van der Waals surface area (Å²) in [7, 11) is 0. The van der Waals surface area contributed by atoms with Crippen LogP contribution >= 0.6 is 0 Å². The third-order valence-electron chi connectivity index (χ3n) is 17.2. The van der Waals surface area contributed by atoms with Crippen molar-refractivity contribution in [3.05, 3.63) is 24.3 Å². The fourth-order valence-corrected chi connectivity index (χ4v) is 11.6. The largest absolute Gasteiger partial charge is 0.462 e. The Morgan fingerprint density at radius 3 is 0.610 bits per heavy atom. The van der Waals surface area contributed by atoms with Gasteiger partial charge < -0.3 is 14.2 Å². The maximum absolute atomic E-state index is 12.9. The standard InChI is InChI=1S/C76H144O6/c1-4-7-10-13-16-19-22-25-28-31-32-33-34-35-36-37-38-39-40-41-42-43-44-46-48-51-54-57-60-63-66-69-75(78)81-72-73(71-80-74(77)68-65-62-59-56-53-50-47-30-27-24-21-18-15-12-9-6-3)82-76(79)70-67-64-61-58-55-52-49-45-29-26-23-20-17-14-11-8-5-2/h26,29-30,47,73H,4-25,27-28,31-46,48-72H2,1-3H3/b29-26-,47-30-. The summed E-state index contributed by atoms with van der Waals surface area (Å²) in [5.74, 6) is -0.851. The number of hydrogen-bond donors (Lipinski definition) is 0. The van der Waals surface area contributed by atoms with Crippen LogP contribution < -0.4 is 0 Å². The highest BCUT2D eigenvalue weighted by atomic mass is 16.6. The van der Waals surface area contributed by atoms with Gasteiger partial charge in [-0.05, 0) is 70.6 Å². The van der Waals surface area contributed by atoms with Gasteiger partial charge in [0, 0.05) is 19.3 Å². The van der Waals surface area contributed by atoms with Crippen LogP contribution in [0.3, 0.4) is 0 Å². The molecule has 0 spiro atoms. The summed E-state index contributed by atoms with van der Waals surface area (Å²) in [6, 6.07) is 0. The lowest BCUT2D eigenvalue weighted by atomic mass is 10.0. The average molecular weight is 1150 g/mol. The van der Waals surface area contributed by atoms with E-state index in [0.29, 0.717) is 19.3 Å². The van der Waals surface area contributed by atoms with Crippen LogP contribution in [0.5, 0.6) is 0 Å². The molecule has 0 bridgehead atoms. The molecule has 1 unspecified atom stereocenters. The minimum absolute atomic E-state index is 0.0702. The van der Waals surface area contributed by atoms with Crippen molar-refractivity contribution in [1.29, 1.82) is 0 Å². The Kier molecular flexibility index (Phi) is 69.5. The number of carbonyl (C=O) groups is 3. The quantitative estimate of drug-likeness (QED) is 0.0261. The van der Waals surface area contributed by atoms with Gasteiger partial charge in [-0.3, -0.25) is 14.4 Å². The highest BCUT2D eigenvalue weighted by molar-refractivity contribution is 5.71. The Morgan fingerprint density at radius 1 is 0.232 bits per heavy atom. The van der Waals surface area contributed by atoms with Crippen molar-refractivity contribution < 1.29 is 28.6 Å². The molecule has 0 saturated heterocycles. The molecule has 0 aromatic carbocycles. The highest BCUT2D eigenvalue weighted by Gasteiger charge is 2.20. The monoisotopic (exact) mass is 1150 g/mol. The van der Waals surface area contributed by atoms with E-state index >= 15 is 0 Å². The summed E-state index contributed by atoms with van der Waals surface area (Å²) >= 11 is 0. The Bertz CT molecular complexity index is 1320. The summed E-state index contributed by atoms with van der Waals surface area (Å²) in [5.41, 5.74) is 0. The van der Waals surface area contributed by atoms with Crippen LogP contribution in [0.15, 0.2) is 24.3 Å². The van der Waals surface area contributed by atoms with E-state index in [1.807, 2.05) is 0 Å². The van der Waals surface area contributed by atoms with Crippen LogP contribution in [0.1, 0.15) is 425 Å². The van der Waals surface area contributed by atoms with Gasteiger partial charge >= 0.3 is 17.9 Å². The molecule has 6 heteroatoms. The van der Waals surface area contributed by atoms with Crippen molar-refractivity contribution in [1.82, 2.24) is 0 Å². The van der Waals surface area contributed by atoms with Crippen LogP contribution in [-0.2, 0) is 28.6 Å². The van der Waals surface area contributed by atoms with Crippen LogP contribution in [0.25, 0.3) is 0 Å². The van der Waals surface area contributed by atoms with Gasteiger partial charge in [0.25, 0.3) is 0 Å². The van der Waals surface area contributed by atoms with Gasteiger partial charge in [0.15, 0.2) is 6.10 Å². The molecular formula is C76H144O6. The number of rotatable bonds is 70. The number of allylic oxidation sites excluding steroid dienone is 4. The molecule has 0 aliphatic heterocycles. The van der Waals surface area contributed by atoms with E-state index in [9.17, 15) is 14.4 Å². The van der Waals surface area contributed by atoms with Gasteiger partial charge in [-0.15, -0.1) is 0 Å². The SMILES string of the molecule is CCCCCCCC/C=C\CCCCCCCCCC(=O)OC(COC(=O)CCCCCCC/C=C\CCCCCCCCC)COC(=O)CCCCCCCCCCCCCCCCCCCCCCCCCCCCCCCCC. The van der Waals surface area contributed by atoms with Gasteiger partial charge in [-0.1, -0.05) is 360 Å². The Labute approximate surface area is 513 Å². The van der Waals surface area contributed by atoms with Gasteiger partial charge in [0.2, 0.25) is 0 Å². The molecule has 6 nitrogen and oxygen atoms in total. The average Bonchev–Trinajstić information content (AvgIpc) is 3.47. The molecule has 1 atom stereocenters. The first kappa shape index (κ1) is 79.9. The van der Waals surface area contributed by atoms with Crippen molar-refractivity contribution in [2.75, 3.05) is 13.2 Å². The fraction of sp³-hybridized carbons (Fsp3) is 0.908. The normalized spacial score (nSPS) is 12.1. The minimum atomic E-state index is -0.776. The molecule has 0 fully saturated rings. The van der Waals surface area contributed by atoms with E-state index in [-0.39, 0.29) is 31.1 Å². The van der Waals surface area contributed by atoms with E-state index in [1.54, 1.807) is 0 Å². The molecule has 0 heterocycles. The molecule has 0 amide bonds. The first-order chi connectivity index (χ1) is 40.5. The zero-order valence-electron chi connectivity index (χ0n) is 55.8. The molecule has 0 rings (SSSR count).